The van der Waals surface area contributed by atoms with Crippen LogP contribution in [0.1, 0.15) is 12.5 Å². The minimum absolute atomic E-state index is 0. The van der Waals surface area contributed by atoms with Crippen LogP contribution >= 0.6 is 27.7 Å². The molecule has 115 valence electrons. The summed E-state index contributed by atoms with van der Waals surface area (Å²) in [5, 5.41) is 0. The Kier molecular flexibility index (Phi) is 8.40. The number of halogens is 2. The van der Waals surface area contributed by atoms with E-state index in [1.165, 1.54) is 6.07 Å². The van der Waals surface area contributed by atoms with Crippen molar-refractivity contribution in [2.45, 2.75) is 6.92 Å². The van der Waals surface area contributed by atoms with Gasteiger partial charge in [-0.15, -0.1) is 27.7 Å². The molecule has 0 unspecified atom stereocenters. The number of rotatable bonds is 5. The Hall–Kier alpha value is -0.0961. The molecule has 6 heteroatoms. The van der Waals surface area contributed by atoms with Gasteiger partial charge in [-0.1, -0.05) is 22.8 Å². The van der Waals surface area contributed by atoms with Crippen molar-refractivity contribution < 1.29 is 41.8 Å². The van der Waals surface area contributed by atoms with E-state index in [0.29, 0.717) is 29.5 Å². The van der Waals surface area contributed by atoms with Crippen LogP contribution in [0.25, 0.3) is 5.70 Å². The van der Waals surface area contributed by atoms with Gasteiger partial charge in [-0.3, -0.25) is 0 Å². The van der Waals surface area contributed by atoms with Crippen LogP contribution in [0.3, 0.4) is 0 Å². The van der Waals surface area contributed by atoms with Gasteiger partial charge < -0.3 is 9.64 Å². The number of hydrogen-bond acceptors (Lipinski definition) is 3. The molecule has 0 N–H and O–H groups in total. The number of thioether (sulfide) groups is 1. The van der Waals surface area contributed by atoms with Crippen LogP contribution in [-0.2, 0) is 32.7 Å². The van der Waals surface area contributed by atoms with Crippen LogP contribution in [0.15, 0.2) is 41.0 Å². The fourth-order valence-electron chi connectivity index (χ4n) is 2.09. The molecular formula is C16H16BrFNOSY-. The standard InChI is InChI=1S/C16H16BrFNOS.Y/c1-4-19-11(2)12(17)8-9-14(19)16-13(18)6-5-7-15(16)20-10-21-3;/h5-8H,2,4,10H2,1,3H3;/q-1;. The van der Waals surface area contributed by atoms with E-state index in [-0.39, 0.29) is 38.5 Å². The van der Waals surface area contributed by atoms with Crippen molar-refractivity contribution >= 4 is 33.4 Å². The Bertz CT molecular complexity index is 618. The summed E-state index contributed by atoms with van der Waals surface area (Å²) < 4.78 is 20.9. The van der Waals surface area contributed by atoms with Gasteiger partial charge in [-0.25, -0.2) is 4.39 Å². The van der Waals surface area contributed by atoms with Crippen LogP contribution in [0, 0.1) is 11.9 Å². The second-order valence-corrected chi connectivity index (χ2v) is 6.01. The number of hydrogen-bond donors (Lipinski definition) is 0. The van der Waals surface area contributed by atoms with Gasteiger partial charge in [0.25, 0.3) is 0 Å². The summed E-state index contributed by atoms with van der Waals surface area (Å²) in [7, 11) is 0. The Labute approximate surface area is 168 Å². The van der Waals surface area contributed by atoms with Crippen molar-refractivity contribution in [1.82, 2.24) is 4.90 Å². The van der Waals surface area contributed by atoms with E-state index in [0.717, 1.165) is 10.2 Å². The summed E-state index contributed by atoms with van der Waals surface area (Å²) in [5.41, 5.74) is 1.84. The van der Waals surface area contributed by atoms with Gasteiger partial charge in [0, 0.05) is 39.3 Å². The second kappa shape index (κ2) is 9.26. The molecule has 0 atom stereocenters. The maximum absolute atomic E-state index is 14.4. The molecule has 1 radical (unpaired) electrons. The van der Waals surface area contributed by atoms with E-state index in [2.05, 4.69) is 28.6 Å². The molecule has 22 heavy (non-hydrogen) atoms. The van der Waals surface area contributed by atoms with Crippen LogP contribution < -0.4 is 4.74 Å². The quantitative estimate of drug-likeness (QED) is 0.465. The summed E-state index contributed by atoms with van der Waals surface area (Å²) in [5.74, 6) is 0.661. The summed E-state index contributed by atoms with van der Waals surface area (Å²) >= 11 is 4.97. The minimum Gasteiger partial charge on any atom is -0.495 e. The Morgan fingerprint density at radius 2 is 2.18 bits per heavy atom. The molecule has 0 amide bonds. The summed E-state index contributed by atoms with van der Waals surface area (Å²) in [6.45, 7) is 6.68. The van der Waals surface area contributed by atoms with Gasteiger partial charge in [0.05, 0.1) is 11.6 Å². The van der Waals surface area contributed by atoms with Gasteiger partial charge in [0.2, 0.25) is 0 Å². The van der Waals surface area contributed by atoms with Gasteiger partial charge in [-0.2, -0.15) is 12.2 Å². The molecule has 0 aliphatic carbocycles. The number of ether oxygens (including phenoxy) is 1. The smallest absolute Gasteiger partial charge is 0.132 e. The van der Waals surface area contributed by atoms with Crippen LogP contribution in [0.4, 0.5) is 4.39 Å². The van der Waals surface area contributed by atoms with Crippen molar-refractivity contribution in [2.24, 2.45) is 0 Å². The Morgan fingerprint density at radius 1 is 1.45 bits per heavy atom. The summed E-state index contributed by atoms with van der Waals surface area (Å²) in [6, 6.07) is 4.85. The molecule has 0 saturated carbocycles. The first-order valence-corrected chi connectivity index (χ1v) is 8.65. The van der Waals surface area contributed by atoms with Crippen molar-refractivity contribution in [3.05, 3.63) is 58.5 Å². The first kappa shape index (κ1) is 19.9. The van der Waals surface area contributed by atoms with Gasteiger partial charge in [0.15, 0.2) is 0 Å². The van der Waals surface area contributed by atoms with E-state index >= 15 is 0 Å². The van der Waals surface area contributed by atoms with E-state index < -0.39 is 0 Å². The average Bonchev–Trinajstić information content (AvgIpc) is 2.48. The molecule has 1 aliphatic rings. The molecule has 0 aromatic heterocycles. The predicted molar refractivity (Wildman–Crippen MR) is 90.6 cm³/mol. The topological polar surface area (TPSA) is 12.5 Å². The molecule has 0 fully saturated rings. The third-order valence-electron chi connectivity index (χ3n) is 3.07. The van der Waals surface area contributed by atoms with Gasteiger partial charge in [-0.05, 0) is 36.6 Å². The van der Waals surface area contributed by atoms with E-state index in [4.69, 9.17) is 4.74 Å². The molecule has 0 spiro atoms. The van der Waals surface area contributed by atoms with Crippen LogP contribution in [-0.4, -0.2) is 23.6 Å². The zero-order valence-corrected chi connectivity index (χ0v) is 17.8. The van der Waals surface area contributed by atoms with E-state index in [9.17, 15) is 4.39 Å². The SMILES string of the molecule is C=C1C(Br)=C[C-]=C(c2c(F)cccc2OCSC)N1CC.[Y]. The first-order valence-electron chi connectivity index (χ1n) is 6.46. The molecule has 0 saturated heterocycles. The van der Waals surface area contributed by atoms with Crippen molar-refractivity contribution in [1.29, 1.82) is 0 Å². The molecule has 1 aromatic rings. The summed E-state index contributed by atoms with van der Waals surface area (Å²) in [4.78, 5) is 1.91. The zero-order valence-electron chi connectivity index (χ0n) is 12.5. The maximum atomic E-state index is 14.4. The van der Waals surface area contributed by atoms with Crippen molar-refractivity contribution in [3.63, 3.8) is 0 Å². The van der Waals surface area contributed by atoms with Crippen LogP contribution in [0.2, 0.25) is 0 Å². The monoisotopic (exact) mass is 457 g/mol. The fourth-order valence-corrected chi connectivity index (χ4v) is 2.66. The Morgan fingerprint density at radius 3 is 2.82 bits per heavy atom. The van der Waals surface area contributed by atoms with Crippen molar-refractivity contribution in [3.8, 4) is 5.75 Å². The third-order valence-corrected chi connectivity index (χ3v) is 4.11. The number of benzene rings is 1. The van der Waals surface area contributed by atoms with E-state index in [1.807, 2.05) is 18.1 Å². The third kappa shape index (κ3) is 4.25. The molecular weight excluding hydrogens is 442 g/mol. The zero-order chi connectivity index (χ0) is 15.4. The largest absolute Gasteiger partial charge is 0.495 e. The first-order chi connectivity index (χ1) is 10.1. The number of nitrogens with zero attached hydrogens (tertiary/aromatic N) is 1. The predicted octanol–water partition coefficient (Wildman–Crippen LogP) is 4.79. The van der Waals surface area contributed by atoms with E-state index in [1.54, 1.807) is 30.0 Å². The Balaban J connectivity index is 0.00000242. The fraction of sp³-hybridized carbons (Fsp3) is 0.250. The van der Waals surface area contributed by atoms with Crippen LogP contribution in [0.5, 0.6) is 5.75 Å². The number of allylic oxidation sites excluding steroid dienone is 3. The molecule has 2 nitrogen and oxygen atoms in total. The molecule has 1 heterocycles. The maximum Gasteiger partial charge on any atom is 0.132 e. The second-order valence-electron chi connectivity index (χ2n) is 4.34. The summed E-state index contributed by atoms with van der Waals surface area (Å²) in [6.07, 6.45) is 6.81. The molecule has 0 bridgehead atoms. The average molecular weight is 458 g/mol. The van der Waals surface area contributed by atoms with Gasteiger partial charge in [0.1, 0.15) is 5.94 Å². The normalized spacial score (nSPS) is 14.2. The van der Waals surface area contributed by atoms with Gasteiger partial charge >= 0.3 is 0 Å². The molecule has 2 rings (SSSR count). The number of likely N-dealkylation sites (N-methyl/N-ethyl adjacent to an activating group) is 1. The van der Waals surface area contributed by atoms with Crippen molar-refractivity contribution in [2.75, 3.05) is 18.7 Å². The molecule has 1 aromatic carbocycles. The molecule has 1 aliphatic heterocycles. The minimum atomic E-state index is -0.325.